The molecule has 0 fully saturated rings. The van der Waals surface area contributed by atoms with Gasteiger partial charge in [-0.15, -0.1) is 0 Å². The lowest BCUT2D eigenvalue weighted by molar-refractivity contribution is -0.139. The monoisotopic (exact) mass is 791 g/mol. The van der Waals surface area contributed by atoms with E-state index in [0.29, 0.717) is 12.3 Å². The summed E-state index contributed by atoms with van der Waals surface area (Å²) in [6.45, 7) is 2.08. The Hall–Kier alpha value is 0.390. The van der Waals surface area contributed by atoms with Gasteiger partial charge in [0.25, 0.3) is 0 Å². The van der Waals surface area contributed by atoms with Gasteiger partial charge < -0.3 is 20.3 Å². The van der Waals surface area contributed by atoms with Crippen LogP contribution in [0.25, 0.3) is 0 Å². The van der Waals surface area contributed by atoms with Crippen molar-refractivity contribution in [2.75, 3.05) is 0 Å². The standard InChI is InChI=1S/C16H13I4NO4/c1-7(16(23)24)21-6-8-2-12(19)15(13(20)3-8)25-9-4-10(17)14(22)11(18)5-9/h2-5,7,21-22H,6H2,1H3,(H,23,24)/t7-/m1/s1. The maximum Gasteiger partial charge on any atom is 0.320 e. The Labute approximate surface area is 199 Å². The largest absolute Gasteiger partial charge is 0.506 e. The fourth-order valence-corrected chi connectivity index (χ4v) is 5.72. The van der Waals surface area contributed by atoms with E-state index >= 15 is 0 Å². The highest BCUT2D eigenvalue weighted by Gasteiger charge is 2.14. The van der Waals surface area contributed by atoms with Gasteiger partial charge in [-0.2, -0.15) is 0 Å². The number of aliphatic carboxylic acids is 1. The summed E-state index contributed by atoms with van der Waals surface area (Å²) in [7, 11) is 0. The molecule has 3 N–H and O–H groups in total. The van der Waals surface area contributed by atoms with Gasteiger partial charge in [0, 0.05) is 6.54 Å². The summed E-state index contributed by atoms with van der Waals surface area (Å²) in [5.41, 5.74) is 0.990. The quantitative estimate of drug-likeness (QED) is 0.353. The molecular formula is C16H13I4NO4. The number of nitrogens with one attached hydrogen (secondary N) is 1. The van der Waals surface area contributed by atoms with Gasteiger partial charge in [-0.25, -0.2) is 0 Å². The number of carboxylic acid groups (broad SMARTS) is 1. The number of hydrogen-bond acceptors (Lipinski definition) is 4. The Balaban J connectivity index is 2.21. The maximum atomic E-state index is 10.9. The number of hydrogen-bond donors (Lipinski definition) is 3. The predicted molar refractivity (Wildman–Crippen MR) is 129 cm³/mol. The van der Waals surface area contributed by atoms with Crippen LogP contribution in [0.15, 0.2) is 24.3 Å². The molecule has 0 heterocycles. The molecule has 25 heavy (non-hydrogen) atoms. The van der Waals surface area contributed by atoms with Gasteiger partial charge in [0.2, 0.25) is 0 Å². The van der Waals surface area contributed by atoms with E-state index in [-0.39, 0.29) is 5.75 Å². The normalized spacial score (nSPS) is 12.0. The van der Waals surface area contributed by atoms with Crippen molar-refractivity contribution in [3.63, 3.8) is 0 Å². The summed E-state index contributed by atoms with van der Waals surface area (Å²) in [4.78, 5) is 10.9. The van der Waals surface area contributed by atoms with Gasteiger partial charge in [0.1, 0.15) is 17.5 Å². The first-order chi connectivity index (χ1) is 11.7. The zero-order chi connectivity index (χ0) is 18.7. The molecule has 0 aliphatic carbocycles. The van der Waals surface area contributed by atoms with Crippen molar-refractivity contribution >= 4 is 96.3 Å². The van der Waals surface area contributed by atoms with Crippen molar-refractivity contribution in [3.8, 4) is 17.2 Å². The fraction of sp³-hybridized carbons (Fsp3) is 0.188. The Morgan fingerprint density at radius 3 is 2.08 bits per heavy atom. The SMILES string of the molecule is C[C@@H](NCc1cc(I)c(Oc2cc(I)c(O)c(I)c2)c(I)c1)C(=O)O. The molecule has 0 radical (unpaired) electrons. The minimum atomic E-state index is -0.874. The van der Waals surface area contributed by atoms with E-state index in [0.717, 1.165) is 25.6 Å². The first-order valence-corrected chi connectivity index (χ1v) is 11.3. The van der Waals surface area contributed by atoms with Crippen LogP contribution in [0.1, 0.15) is 12.5 Å². The van der Waals surface area contributed by atoms with Crippen LogP contribution >= 0.6 is 90.4 Å². The highest BCUT2D eigenvalue weighted by atomic mass is 127. The molecule has 2 aromatic carbocycles. The number of phenolic OH excluding ortho intramolecular Hbond substituents is 1. The zero-order valence-electron chi connectivity index (χ0n) is 12.8. The van der Waals surface area contributed by atoms with Crippen LogP contribution in [0.5, 0.6) is 17.2 Å². The lowest BCUT2D eigenvalue weighted by atomic mass is 10.2. The highest BCUT2D eigenvalue weighted by molar-refractivity contribution is 14.1. The van der Waals surface area contributed by atoms with Crippen LogP contribution in [0, 0.1) is 14.3 Å². The molecule has 0 aromatic heterocycles. The molecule has 0 spiro atoms. The lowest BCUT2D eigenvalue weighted by Crippen LogP contribution is -2.33. The number of carbonyl (C=O) groups is 1. The third-order valence-corrected chi connectivity index (χ3v) is 6.50. The van der Waals surface area contributed by atoms with E-state index in [1.807, 2.05) is 12.1 Å². The van der Waals surface area contributed by atoms with Crippen molar-refractivity contribution in [1.29, 1.82) is 0 Å². The van der Waals surface area contributed by atoms with Crippen LogP contribution in [-0.2, 0) is 11.3 Å². The van der Waals surface area contributed by atoms with Crippen molar-refractivity contribution in [3.05, 3.63) is 44.1 Å². The molecule has 0 amide bonds. The maximum absolute atomic E-state index is 10.9. The van der Waals surface area contributed by atoms with Gasteiger partial charge in [0.05, 0.1) is 14.3 Å². The minimum Gasteiger partial charge on any atom is -0.506 e. The van der Waals surface area contributed by atoms with Gasteiger partial charge >= 0.3 is 5.97 Å². The Kier molecular flexibility index (Phi) is 8.28. The molecule has 5 nitrogen and oxygen atoms in total. The molecule has 0 saturated carbocycles. The number of ether oxygens (including phenoxy) is 1. The number of aromatic hydroxyl groups is 1. The molecule has 2 rings (SSSR count). The topological polar surface area (TPSA) is 78.8 Å². The van der Waals surface area contributed by atoms with Crippen LogP contribution in [0.3, 0.4) is 0 Å². The summed E-state index contributed by atoms with van der Waals surface area (Å²) in [5.74, 6) is 0.786. The van der Waals surface area contributed by atoms with Crippen molar-refractivity contribution < 1.29 is 19.7 Å². The summed E-state index contributed by atoms with van der Waals surface area (Å²) in [5, 5.41) is 21.8. The third kappa shape index (κ3) is 5.93. The van der Waals surface area contributed by atoms with Crippen molar-refractivity contribution in [1.82, 2.24) is 5.32 Å². The first kappa shape index (κ1) is 21.7. The van der Waals surface area contributed by atoms with Gasteiger partial charge in [-0.1, -0.05) is 0 Å². The first-order valence-electron chi connectivity index (χ1n) is 6.99. The molecular weight excluding hydrogens is 778 g/mol. The second kappa shape index (κ2) is 9.54. The molecule has 0 aliphatic rings. The van der Waals surface area contributed by atoms with Crippen LogP contribution in [0.4, 0.5) is 0 Å². The van der Waals surface area contributed by atoms with Crippen LogP contribution < -0.4 is 10.1 Å². The smallest absolute Gasteiger partial charge is 0.320 e. The fourth-order valence-electron chi connectivity index (χ4n) is 1.89. The van der Waals surface area contributed by atoms with Crippen LogP contribution in [-0.4, -0.2) is 22.2 Å². The summed E-state index contributed by atoms with van der Waals surface area (Å²) in [6.07, 6.45) is 0. The molecule has 0 bridgehead atoms. The third-order valence-electron chi connectivity index (χ3n) is 3.25. The Morgan fingerprint density at radius 1 is 1.08 bits per heavy atom. The minimum absolute atomic E-state index is 0.256. The van der Waals surface area contributed by atoms with E-state index in [1.165, 1.54) is 0 Å². The second-order valence-electron chi connectivity index (χ2n) is 5.17. The number of carboxylic acids is 1. The predicted octanol–water partition coefficient (Wildman–Crippen LogP) is 5.17. The number of benzene rings is 2. The summed E-state index contributed by atoms with van der Waals surface area (Å²) < 4.78 is 9.35. The summed E-state index contributed by atoms with van der Waals surface area (Å²) >= 11 is 8.55. The van der Waals surface area contributed by atoms with Crippen molar-refractivity contribution in [2.45, 2.75) is 19.5 Å². The number of rotatable bonds is 6. The Bertz CT molecular complexity index is 767. The zero-order valence-corrected chi connectivity index (χ0v) is 21.4. The van der Waals surface area contributed by atoms with Crippen LogP contribution in [0.2, 0.25) is 0 Å². The Morgan fingerprint density at radius 2 is 1.60 bits per heavy atom. The number of halogens is 4. The molecule has 2 aromatic rings. The lowest BCUT2D eigenvalue weighted by Gasteiger charge is -2.14. The average Bonchev–Trinajstić information content (AvgIpc) is 2.53. The summed E-state index contributed by atoms with van der Waals surface area (Å²) in [6, 6.07) is 6.90. The molecule has 134 valence electrons. The van der Waals surface area contributed by atoms with E-state index in [2.05, 4.69) is 95.7 Å². The van der Waals surface area contributed by atoms with E-state index in [4.69, 9.17) is 9.84 Å². The molecule has 0 unspecified atom stereocenters. The number of phenols is 1. The highest BCUT2D eigenvalue weighted by Crippen LogP contribution is 2.36. The molecule has 1 atom stereocenters. The molecule has 0 aliphatic heterocycles. The average molecular weight is 791 g/mol. The van der Waals surface area contributed by atoms with E-state index in [1.54, 1.807) is 19.1 Å². The van der Waals surface area contributed by atoms with Gasteiger partial charge in [-0.05, 0) is 127 Å². The van der Waals surface area contributed by atoms with E-state index in [9.17, 15) is 9.90 Å². The van der Waals surface area contributed by atoms with Gasteiger partial charge in [-0.3, -0.25) is 4.79 Å². The van der Waals surface area contributed by atoms with Crippen molar-refractivity contribution in [2.24, 2.45) is 0 Å². The van der Waals surface area contributed by atoms with Gasteiger partial charge in [0.15, 0.2) is 5.75 Å². The molecule has 9 heteroatoms. The molecule has 0 saturated heterocycles. The second-order valence-corrected chi connectivity index (χ2v) is 9.82. The van der Waals surface area contributed by atoms with E-state index < -0.39 is 12.0 Å².